The first-order valence-corrected chi connectivity index (χ1v) is 6.76. The lowest BCUT2D eigenvalue weighted by atomic mass is 10.1. The Morgan fingerprint density at radius 1 is 1.05 bits per heavy atom. The van der Waals surface area contributed by atoms with Crippen LogP contribution in [0.3, 0.4) is 0 Å². The van der Waals surface area contributed by atoms with Crippen molar-refractivity contribution >= 4 is 17.4 Å². The van der Waals surface area contributed by atoms with E-state index in [0.717, 1.165) is 28.3 Å². The van der Waals surface area contributed by atoms with Crippen LogP contribution in [0, 0.1) is 17.5 Å². The van der Waals surface area contributed by atoms with Gasteiger partial charge in [-0.05, 0) is 11.6 Å². The fraction of sp³-hybridized carbons (Fsp3) is 0.143. The molecule has 0 amide bonds. The Balaban J connectivity index is 1.87. The van der Waals surface area contributed by atoms with Crippen molar-refractivity contribution in [2.45, 2.75) is 10.9 Å². The fourth-order valence-electron chi connectivity index (χ4n) is 2.12. The Morgan fingerprint density at radius 2 is 1.74 bits per heavy atom. The highest BCUT2D eigenvalue weighted by molar-refractivity contribution is 7.99. The lowest BCUT2D eigenvalue weighted by Gasteiger charge is -2.15. The summed E-state index contributed by atoms with van der Waals surface area (Å²) in [4.78, 5) is 1.16. The van der Waals surface area contributed by atoms with Crippen LogP contribution in [-0.4, -0.2) is 5.75 Å². The molecule has 1 aliphatic rings. The molecule has 98 valence electrons. The monoisotopic (exact) mass is 281 g/mol. The average molecular weight is 281 g/mol. The van der Waals surface area contributed by atoms with Gasteiger partial charge in [-0.25, -0.2) is 13.2 Å². The summed E-state index contributed by atoms with van der Waals surface area (Å²) >= 11 is 1.68. The number of rotatable bonds is 2. The zero-order valence-electron chi connectivity index (χ0n) is 9.79. The number of halogens is 3. The lowest BCUT2D eigenvalue weighted by molar-refractivity contribution is 0.447. The highest BCUT2D eigenvalue weighted by Crippen LogP contribution is 2.39. The molecule has 2 aromatic carbocycles. The van der Waals surface area contributed by atoms with Crippen LogP contribution in [0.25, 0.3) is 0 Å². The van der Waals surface area contributed by atoms with Crippen molar-refractivity contribution in [3.63, 3.8) is 0 Å². The molecule has 1 atom stereocenters. The van der Waals surface area contributed by atoms with E-state index in [4.69, 9.17) is 0 Å². The topological polar surface area (TPSA) is 12.0 Å². The third-order valence-electron chi connectivity index (χ3n) is 3.02. The summed E-state index contributed by atoms with van der Waals surface area (Å²) in [5, 5.41) is 3.04. The maximum atomic E-state index is 13.1. The van der Waals surface area contributed by atoms with E-state index < -0.39 is 17.5 Å². The summed E-state index contributed by atoms with van der Waals surface area (Å²) in [6.07, 6.45) is 0. The van der Waals surface area contributed by atoms with Crippen LogP contribution in [0.1, 0.15) is 11.6 Å². The van der Waals surface area contributed by atoms with Gasteiger partial charge in [-0.3, -0.25) is 0 Å². The van der Waals surface area contributed by atoms with Crippen molar-refractivity contribution in [3.05, 3.63) is 59.4 Å². The summed E-state index contributed by atoms with van der Waals surface area (Å²) in [6.45, 7) is 0. The van der Waals surface area contributed by atoms with Gasteiger partial charge in [-0.15, -0.1) is 11.8 Å². The van der Waals surface area contributed by atoms with Crippen molar-refractivity contribution in [2.75, 3.05) is 11.1 Å². The highest BCUT2D eigenvalue weighted by atomic mass is 32.2. The van der Waals surface area contributed by atoms with Crippen LogP contribution in [0.15, 0.2) is 41.3 Å². The van der Waals surface area contributed by atoms with Crippen molar-refractivity contribution in [3.8, 4) is 0 Å². The third kappa shape index (κ3) is 2.30. The number of hydrogen-bond acceptors (Lipinski definition) is 2. The van der Waals surface area contributed by atoms with Gasteiger partial charge in [0.25, 0.3) is 0 Å². The first kappa shape index (κ1) is 12.4. The molecule has 0 saturated heterocycles. The second kappa shape index (κ2) is 4.81. The van der Waals surface area contributed by atoms with Crippen LogP contribution >= 0.6 is 11.8 Å². The summed E-state index contributed by atoms with van der Waals surface area (Å²) in [6, 6.07) is 9.78. The van der Waals surface area contributed by atoms with E-state index in [1.165, 1.54) is 0 Å². The van der Waals surface area contributed by atoms with E-state index in [9.17, 15) is 13.2 Å². The second-order valence-electron chi connectivity index (χ2n) is 4.30. The van der Waals surface area contributed by atoms with Gasteiger partial charge < -0.3 is 5.32 Å². The molecule has 0 aliphatic carbocycles. The molecule has 5 heteroatoms. The Bertz CT molecular complexity index is 607. The van der Waals surface area contributed by atoms with E-state index in [1.54, 1.807) is 11.8 Å². The normalized spacial score (nSPS) is 17.3. The quantitative estimate of drug-likeness (QED) is 0.821. The van der Waals surface area contributed by atoms with E-state index >= 15 is 0 Å². The van der Waals surface area contributed by atoms with Gasteiger partial charge in [0.1, 0.15) is 0 Å². The van der Waals surface area contributed by atoms with Crippen molar-refractivity contribution in [1.82, 2.24) is 0 Å². The van der Waals surface area contributed by atoms with Gasteiger partial charge in [0, 0.05) is 28.5 Å². The molecular weight excluding hydrogens is 271 g/mol. The Kier molecular flexibility index (Phi) is 3.14. The van der Waals surface area contributed by atoms with Gasteiger partial charge >= 0.3 is 0 Å². The SMILES string of the molecule is Fc1cc(NC2CSc3ccccc32)cc(F)c1F. The molecule has 3 rings (SSSR count). The minimum atomic E-state index is -1.44. The van der Waals surface area contributed by atoms with E-state index in [1.807, 2.05) is 24.3 Å². The highest BCUT2D eigenvalue weighted by Gasteiger charge is 2.23. The molecule has 1 N–H and O–H groups in total. The number of thioether (sulfide) groups is 1. The molecule has 0 fully saturated rings. The number of hydrogen-bond donors (Lipinski definition) is 1. The van der Waals surface area contributed by atoms with Crippen LogP contribution < -0.4 is 5.32 Å². The molecule has 1 heterocycles. The van der Waals surface area contributed by atoms with Gasteiger partial charge in [0.15, 0.2) is 17.5 Å². The molecule has 0 radical (unpaired) electrons. The molecule has 2 aromatic rings. The molecule has 1 aliphatic heterocycles. The summed E-state index contributed by atoms with van der Waals surface area (Å²) < 4.78 is 39.2. The minimum Gasteiger partial charge on any atom is -0.377 e. The van der Waals surface area contributed by atoms with Crippen molar-refractivity contribution < 1.29 is 13.2 Å². The first-order chi connectivity index (χ1) is 9.15. The van der Waals surface area contributed by atoms with E-state index in [-0.39, 0.29) is 11.7 Å². The zero-order chi connectivity index (χ0) is 13.4. The molecule has 1 nitrogen and oxygen atoms in total. The predicted octanol–water partition coefficient (Wildman–Crippen LogP) is 4.36. The van der Waals surface area contributed by atoms with Gasteiger partial charge in [-0.1, -0.05) is 18.2 Å². The zero-order valence-corrected chi connectivity index (χ0v) is 10.6. The largest absolute Gasteiger partial charge is 0.377 e. The lowest BCUT2D eigenvalue weighted by Crippen LogP contribution is -2.10. The van der Waals surface area contributed by atoms with Crippen LogP contribution in [-0.2, 0) is 0 Å². The average Bonchev–Trinajstić information content (AvgIpc) is 2.79. The predicted molar refractivity (Wildman–Crippen MR) is 69.8 cm³/mol. The van der Waals surface area contributed by atoms with Crippen LogP contribution in [0.2, 0.25) is 0 Å². The van der Waals surface area contributed by atoms with Gasteiger partial charge in [-0.2, -0.15) is 0 Å². The van der Waals surface area contributed by atoms with Crippen molar-refractivity contribution in [2.24, 2.45) is 0 Å². The maximum absolute atomic E-state index is 13.1. The maximum Gasteiger partial charge on any atom is 0.194 e. The Hall–Kier alpha value is -1.62. The molecule has 0 spiro atoms. The Morgan fingerprint density at radius 3 is 2.47 bits per heavy atom. The van der Waals surface area contributed by atoms with Crippen LogP contribution in [0.5, 0.6) is 0 Å². The smallest absolute Gasteiger partial charge is 0.194 e. The fourth-order valence-corrected chi connectivity index (χ4v) is 3.28. The Labute approximate surface area is 112 Å². The number of anilines is 1. The second-order valence-corrected chi connectivity index (χ2v) is 5.36. The summed E-state index contributed by atoms with van der Waals surface area (Å²) in [7, 11) is 0. The molecular formula is C14H10F3NS. The van der Waals surface area contributed by atoms with E-state index in [0.29, 0.717) is 0 Å². The first-order valence-electron chi connectivity index (χ1n) is 5.78. The molecule has 1 unspecified atom stereocenters. The standard InChI is InChI=1S/C14H10F3NS/c15-10-5-8(6-11(16)14(10)17)18-12-7-19-13-4-2-1-3-9(12)13/h1-6,12,18H,7H2. The number of fused-ring (bicyclic) bond motifs is 1. The summed E-state index contributed by atoms with van der Waals surface area (Å²) in [5.41, 5.74) is 1.34. The van der Waals surface area contributed by atoms with Crippen molar-refractivity contribution in [1.29, 1.82) is 0 Å². The van der Waals surface area contributed by atoms with Crippen LogP contribution in [0.4, 0.5) is 18.9 Å². The molecule has 0 bridgehead atoms. The summed E-state index contributed by atoms with van der Waals surface area (Å²) in [5.74, 6) is -3.02. The van der Waals surface area contributed by atoms with Gasteiger partial charge in [0.05, 0.1) is 6.04 Å². The molecule has 19 heavy (non-hydrogen) atoms. The minimum absolute atomic E-state index is 0.0227. The molecule has 0 saturated carbocycles. The number of nitrogens with one attached hydrogen (secondary N) is 1. The third-order valence-corrected chi connectivity index (χ3v) is 4.21. The number of benzene rings is 2. The van der Waals surface area contributed by atoms with Gasteiger partial charge in [0.2, 0.25) is 0 Å². The van der Waals surface area contributed by atoms with E-state index in [2.05, 4.69) is 5.32 Å². The molecule has 0 aromatic heterocycles.